The Labute approximate surface area is 186 Å². The first-order chi connectivity index (χ1) is 15.3. The second-order valence-corrected chi connectivity index (χ2v) is 9.19. The lowest BCUT2D eigenvalue weighted by atomic mass is 10.1. The van der Waals surface area contributed by atoms with E-state index in [-0.39, 0.29) is 55.4 Å². The summed E-state index contributed by atoms with van der Waals surface area (Å²) in [5.41, 5.74) is 0.0606. The van der Waals surface area contributed by atoms with Gasteiger partial charge < -0.3 is 10.2 Å². The number of carbonyl (C=O) groups excluding carboxylic acids is 2. The number of hydrogen-bond donors (Lipinski definition) is 1. The highest BCUT2D eigenvalue weighted by Crippen LogP contribution is 2.18. The van der Waals surface area contributed by atoms with Gasteiger partial charge in [0.25, 0.3) is 0 Å². The molecule has 0 spiro atoms. The van der Waals surface area contributed by atoms with Gasteiger partial charge in [-0.2, -0.15) is 9.57 Å². The number of nitriles is 1. The smallest absolute Gasteiger partial charge is 0.243 e. The summed E-state index contributed by atoms with van der Waals surface area (Å²) in [5, 5.41) is 11.7. The molecule has 0 bridgehead atoms. The Balaban J connectivity index is 1.48. The molecule has 2 aromatic carbocycles. The Morgan fingerprint density at radius 1 is 1.00 bits per heavy atom. The summed E-state index contributed by atoms with van der Waals surface area (Å²) in [6.45, 7) is 0.781. The third-order valence-corrected chi connectivity index (χ3v) is 7.10. The lowest BCUT2D eigenvalue weighted by Gasteiger charge is -2.34. The highest BCUT2D eigenvalue weighted by molar-refractivity contribution is 7.89. The first-order valence-corrected chi connectivity index (χ1v) is 11.5. The standard InChI is InChI=1S/C22H23FN4O4S/c23-19-9-5-4-8-18(19)20(16-24)25-21(28)10-11-22(29)26-12-14-27(15-13-26)32(30,31)17-6-2-1-3-7-17/h1-9,20H,10-15H2,(H,25,28). The van der Waals surface area contributed by atoms with Crippen LogP contribution >= 0.6 is 0 Å². The van der Waals surface area contributed by atoms with Crippen LogP contribution in [-0.4, -0.2) is 55.6 Å². The van der Waals surface area contributed by atoms with Gasteiger partial charge in [0, 0.05) is 44.6 Å². The fourth-order valence-corrected chi connectivity index (χ4v) is 4.86. The summed E-state index contributed by atoms with van der Waals surface area (Å²) >= 11 is 0. The molecule has 168 valence electrons. The number of nitrogens with one attached hydrogen (secondary N) is 1. The number of hydrogen-bond acceptors (Lipinski definition) is 5. The van der Waals surface area contributed by atoms with Crippen LogP contribution in [0.15, 0.2) is 59.5 Å². The third kappa shape index (κ3) is 5.49. The summed E-state index contributed by atoms with van der Waals surface area (Å²) in [4.78, 5) is 26.4. The van der Waals surface area contributed by atoms with Crippen molar-refractivity contribution >= 4 is 21.8 Å². The Hall–Kier alpha value is -3.29. The number of benzene rings is 2. The lowest BCUT2D eigenvalue weighted by molar-refractivity contribution is -0.134. The van der Waals surface area contributed by atoms with E-state index in [1.165, 1.54) is 39.5 Å². The molecule has 0 aromatic heterocycles. The van der Waals surface area contributed by atoms with Crippen LogP contribution in [0.2, 0.25) is 0 Å². The molecule has 2 amide bonds. The second-order valence-electron chi connectivity index (χ2n) is 7.25. The van der Waals surface area contributed by atoms with Crippen molar-refractivity contribution in [1.29, 1.82) is 5.26 Å². The minimum Gasteiger partial charge on any atom is -0.340 e. The third-order valence-electron chi connectivity index (χ3n) is 5.19. The molecule has 0 radical (unpaired) electrons. The minimum atomic E-state index is -3.61. The predicted octanol–water partition coefficient (Wildman–Crippen LogP) is 1.82. The zero-order valence-electron chi connectivity index (χ0n) is 17.3. The molecule has 1 heterocycles. The molecule has 0 aliphatic carbocycles. The summed E-state index contributed by atoms with van der Waals surface area (Å²) in [6.07, 6.45) is -0.249. The molecule has 2 aromatic rings. The molecule has 1 fully saturated rings. The summed E-state index contributed by atoms with van der Waals surface area (Å²) < 4.78 is 40.5. The van der Waals surface area contributed by atoms with Gasteiger partial charge in [0.05, 0.1) is 11.0 Å². The van der Waals surface area contributed by atoms with Crippen molar-refractivity contribution in [3.05, 3.63) is 66.0 Å². The topological polar surface area (TPSA) is 111 Å². The average Bonchev–Trinajstić information content (AvgIpc) is 2.82. The number of sulfonamides is 1. The van der Waals surface area contributed by atoms with Crippen LogP contribution in [0.25, 0.3) is 0 Å². The van der Waals surface area contributed by atoms with Crippen molar-refractivity contribution < 1.29 is 22.4 Å². The number of rotatable bonds is 7. The van der Waals surface area contributed by atoms with E-state index < -0.39 is 27.8 Å². The van der Waals surface area contributed by atoms with Gasteiger partial charge >= 0.3 is 0 Å². The molecule has 1 N–H and O–H groups in total. The highest BCUT2D eigenvalue weighted by atomic mass is 32.2. The zero-order chi connectivity index (χ0) is 23.1. The quantitative estimate of drug-likeness (QED) is 0.681. The fraction of sp³-hybridized carbons (Fsp3) is 0.318. The van der Waals surface area contributed by atoms with Crippen molar-refractivity contribution in [2.75, 3.05) is 26.2 Å². The van der Waals surface area contributed by atoms with Crippen LogP contribution in [0.1, 0.15) is 24.4 Å². The first kappa shape index (κ1) is 23.4. The van der Waals surface area contributed by atoms with E-state index in [1.807, 2.05) is 6.07 Å². The van der Waals surface area contributed by atoms with Crippen LogP contribution in [0.3, 0.4) is 0 Å². The van der Waals surface area contributed by atoms with E-state index in [4.69, 9.17) is 0 Å². The highest BCUT2D eigenvalue weighted by Gasteiger charge is 2.30. The molecule has 1 saturated heterocycles. The van der Waals surface area contributed by atoms with Crippen LogP contribution < -0.4 is 5.32 Å². The van der Waals surface area contributed by atoms with Gasteiger partial charge in [-0.3, -0.25) is 9.59 Å². The molecular formula is C22H23FN4O4S. The van der Waals surface area contributed by atoms with Crippen molar-refractivity contribution in [1.82, 2.24) is 14.5 Å². The van der Waals surface area contributed by atoms with Crippen LogP contribution in [-0.2, 0) is 19.6 Å². The molecule has 1 aliphatic rings. The number of carbonyl (C=O) groups is 2. The maximum Gasteiger partial charge on any atom is 0.243 e. The van der Waals surface area contributed by atoms with Crippen LogP contribution in [0.4, 0.5) is 4.39 Å². The van der Waals surface area contributed by atoms with E-state index in [0.29, 0.717) is 0 Å². The SMILES string of the molecule is N#CC(NC(=O)CCC(=O)N1CCN(S(=O)(=O)c2ccccc2)CC1)c1ccccc1F. The van der Waals surface area contributed by atoms with Crippen LogP contribution in [0.5, 0.6) is 0 Å². The Bertz CT molecular complexity index is 1110. The normalized spacial score (nSPS) is 15.6. The van der Waals surface area contributed by atoms with Crippen molar-refractivity contribution in [3.63, 3.8) is 0 Å². The predicted molar refractivity (Wildman–Crippen MR) is 114 cm³/mol. The van der Waals surface area contributed by atoms with Gasteiger partial charge in [-0.05, 0) is 18.2 Å². The fourth-order valence-electron chi connectivity index (χ4n) is 3.42. The summed E-state index contributed by atoms with van der Waals surface area (Å²) in [7, 11) is -3.61. The zero-order valence-corrected chi connectivity index (χ0v) is 18.1. The van der Waals surface area contributed by atoms with Gasteiger partial charge in [-0.25, -0.2) is 12.8 Å². The molecule has 0 saturated carbocycles. The maximum atomic E-state index is 13.8. The molecule has 3 rings (SSSR count). The van der Waals surface area contributed by atoms with E-state index in [1.54, 1.807) is 24.3 Å². The molecule has 1 aliphatic heterocycles. The van der Waals surface area contributed by atoms with Crippen molar-refractivity contribution in [3.8, 4) is 6.07 Å². The Morgan fingerprint density at radius 2 is 1.62 bits per heavy atom. The van der Waals surface area contributed by atoms with Crippen molar-refractivity contribution in [2.45, 2.75) is 23.8 Å². The number of piperazine rings is 1. The van der Waals surface area contributed by atoms with Gasteiger partial charge in [-0.15, -0.1) is 0 Å². The van der Waals surface area contributed by atoms with Gasteiger partial charge in [-0.1, -0.05) is 36.4 Å². The van der Waals surface area contributed by atoms with E-state index in [9.17, 15) is 27.7 Å². The molecule has 8 nitrogen and oxygen atoms in total. The van der Waals surface area contributed by atoms with Crippen LogP contribution in [0, 0.1) is 17.1 Å². The molecule has 32 heavy (non-hydrogen) atoms. The monoisotopic (exact) mass is 458 g/mol. The Kier molecular flexibility index (Phi) is 7.56. The molecule has 10 heteroatoms. The molecule has 1 atom stereocenters. The minimum absolute atomic E-state index is 0.0606. The van der Waals surface area contributed by atoms with E-state index >= 15 is 0 Å². The summed E-state index contributed by atoms with van der Waals surface area (Å²) in [5.74, 6) is -1.42. The first-order valence-electron chi connectivity index (χ1n) is 10.1. The van der Waals surface area contributed by atoms with Gasteiger partial charge in [0.2, 0.25) is 21.8 Å². The Morgan fingerprint density at radius 3 is 2.25 bits per heavy atom. The number of amides is 2. The molecular weight excluding hydrogens is 435 g/mol. The summed E-state index contributed by atoms with van der Waals surface area (Å²) in [6, 6.07) is 14.5. The van der Waals surface area contributed by atoms with Crippen molar-refractivity contribution in [2.24, 2.45) is 0 Å². The average molecular weight is 459 g/mol. The van der Waals surface area contributed by atoms with Gasteiger partial charge in [0.1, 0.15) is 11.9 Å². The largest absolute Gasteiger partial charge is 0.340 e. The molecule has 1 unspecified atom stereocenters. The lowest BCUT2D eigenvalue weighted by Crippen LogP contribution is -2.50. The van der Waals surface area contributed by atoms with E-state index in [2.05, 4.69) is 5.32 Å². The van der Waals surface area contributed by atoms with Gasteiger partial charge in [0.15, 0.2) is 0 Å². The second kappa shape index (κ2) is 10.3. The van der Waals surface area contributed by atoms with E-state index in [0.717, 1.165) is 0 Å². The number of halogens is 1. The maximum absolute atomic E-state index is 13.8. The number of nitrogens with zero attached hydrogens (tertiary/aromatic N) is 3.